The third-order valence-electron chi connectivity index (χ3n) is 4.09. The summed E-state index contributed by atoms with van der Waals surface area (Å²) in [5.41, 5.74) is 0.462. The molecule has 0 radical (unpaired) electrons. The van der Waals surface area contributed by atoms with E-state index in [2.05, 4.69) is 0 Å². The zero-order valence-electron chi connectivity index (χ0n) is 15.6. The number of ether oxygens (including phenoxy) is 1. The van der Waals surface area contributed by atoms with Crippen LogP contribution >= 0.6 is 0 Å². The molecule has 0 aliphatic carbocycles. The van der Waals surface area contributed by atoms with Gasteiger partial charge < -0.3 is 19.2 Å². The molecule has 1 aromatic carbocycles. The summed E-state index contributed by atoms with van der Waals surface area (Å²) in [6.07, 6.45) is 0. The standard InChI is InChI=1S/C20H25NO5/c1-14-17(18(22)23)10-16(26-14)11-21(4)19(24)20(2,3)13-25-12-15-8-6-5-7-9-15/h5-10H,11-13H2,1-4H3,(H,22,23). The van der Waals surface area contributed by atoms with Gasteiger partial charge in [-0.2, -0.15) is 0 Å². The number of carbonyl (C=O) groups is 2. The number of carboxylic acid groups (broad SMARTS) is 1. The molecule has 0 bridgehead atoms. The minimum Gasteiger partial charge on any atom is -0.478 e. The Morgan fingerprint density at radius 2 is 1.88 bits per heavy atom. The molecule has 1 N–H and O–H groups in total. The van der Waals surface area contributed by atoms with Crippen molar-refractivity contribution in [1.29, 1.82) is 0 Å². The third kappa shape index (κ3) is 4.95. The van der Waals surface area contributed by atoms with Gasteiger partial charge in [0, 0.05) is 7.05 Å². The van der Waals surface area contributed by atoms with Gasteiger partial charge in [0.15, 0.2) is 0 Å². The number of carboxylic acids is 1. The highest BCUT2D eigenvalue weighted by atomic mass is 16.5. The van der Waals surface area contributed by atoms with Crippen molar-refractivity contribution in [2.75, 3.05) is 13.7 Å². The van der Waals surface area contributed by atoms with E-state index in [1.54, 1.807) is 14.0 Å². The van der Waals surface area contributed by atoms with Crippen LogP contribution < -0.4 is 0 Å². The van der Waals surface area contributed by atoms with Gasteiger partial charge in [0.2, 0.25) is 5.91 Å². The molecule has 1 amide bonds. The molecule has 2 rings (SSSR count). The van der Waals surface area contributed by atoms with Crippen LogP contribution in [0.5, 0.6) is 0 Å². The van der Waals surface area contributed by atoms with Gasteiger partial charge in [0.05, 0.1) is 25.2 Å². The largest absolute Gasteiger partial charge is 0.478 e. The SMILES string of the molecule is Cc1oc(CN(C)C(=O)C(C)(C)COCc2ccccc2)cc1C(=O)O. The molecular weight excluding hydrogens is 334 g/mol. The summed E-state index contributed by atoms with van der Waals surface area (Å²) >= 11 is 0. The van der Waals surface area contributed by atoms with Crippen LogP contribution in [0.1, 0.15) is 41.3 Å². The normalized spacial score (nSPS) is 11.4. The molecule has 0 saturated heterocycles. The van der Waals surface area contributed by atoms with Crippen LogP contribution in [0.15, 0.2) is 40.8 Å². The Morgan fingerprint density at radius 3 is 2.46 bits per heavy atom. The van der Waals surface area contributed by atoms with Gasteiger partial charge in [0.1, 0.15) is 17.1 Å². The summed E-state index contributed by atoms with van der Waals surface area (Å²) in [5.74, 6) is -0.367. The van der Waals surface area contributed by atoms with Crippen molar-refractivity contribution in [3.8, 4) is 0 Å². The Balaban J connectivity index is 1.92. The summed E-state index contributed by atoms with van der Waals surface area (Å²) < 4.78 is 11.2. The number of benzene rings is 1. The van der Waals surface area contributed by atoms with Crippen molar-refractivity contribution in [2.24, 2.45) is 5.41 Å². The van der Waals surface area contributed by atoms with Crippen molar-refractivity contribution in [1.82, 2.24) is 4.90 Å². The topological polar surface area (TPSA) is 80.0 Å². The van der Waals surface area contributed by atoms with Gasteiger partial charge in [0.25, 0.3) is 0 Å². The predicted molar refractivity (Wildman–Crippen MR) is 96.8 cm³/mol. The first kappa shape index (κ1) is 19.7. The lowest BCUT2D eigenvalue weighted by Crippen LogP contribution is -2.40. The smallest absolute Gasteiger partial charge is 0.339 e. The molecule has 0 saturated carbocycles. The Kier molecular flexibility index (Phi) is 6.21. The number of aromatic carboxylic acids is 1. The van der Waals surface area contributed by atoms with Gasteiger partial charge in [-0.1, -0.05) is 30.3 Å². The van der Waals surface area contributed by atoms with Gasteiger partial charge in [-0.3, -0.25) is 4.79 Å². The number of rotatable bonds is 8. The van der Waals surface area contributed by atoms with E-state index >= 15 is 0 Å². The molecule has 0 spiro atoms. The second-order valence-electron chi connectivity index (χ2n) is 7.01. The minimum absolute atomic E-state index is 0.100. The first-order valence-corrected chi connectivity index (χ1v) is 8.40. The highest BCUT2D eigenvalue weighted by Gasteiger charge is 2.31. The lowest BCUT2D eigenvalue weighted by molar-refractivity contribution is -0.143. The second kappa shape index (κ2) is 8.19. The maximum atomic E-state index is 12.7. The van der Waals surface area contributed by atoms with Gasteiger partial charge in [-0.15, -0.1) is 0 Å². The zero-order chi connectivity index (χ0) is 19.3. The number of carbonyl (C=O) groups excluding carboxylic acids is 1. The molecular formula is C20H25NO5. The van der Waals surface area contributed by atoms with Gasteiger partial charge in [-0.05, 0) is 32.4 Å². The highest BCUT2D eigenvalue weighted by molar-refractivity contribution is 5.88. The molecule has 0 atom stereocenters. The lowest BCUT2D eigenvalue weighted by atomic mass is 9.93. The summed E-state index contributed by atoms with van der Waals surface area (Å²) in [6.45, 7) is 6.17. The second-order valence-corrected chi connectivity index (χ2v) is 7.01. The molecule has 26 heavy (non-hydrogen) atoms. The average Bonchev–Trinajstić information content (AvgIpc) is 2.95. The predicted octanol–water partition coefficient (Wildman–Crippen LogP) is 3.49. The van der Waals surface area contributed by atoms with Crippen LogP contribution in [0.4, 0.5) is 0 Å². The Morgan fingerprint density at radius 1 is 1.23 bits per heavy atom. The van der Waals surface area contributed by atoms with Crippen molar-refractivity contribution in [3.05, 3.63) is 59.0 Å². The van der Waals surface area contributed by atoms with E-state index in [4.69, 9.17) is 14.3 Å². The maximum Gasteiger partial charge on any atom is 0.339 e. The fourth-order valence-electron chi connectivity index (χ4n) is 2.72. The van der Waals surface area contributed by atoms with E-state index in [0.717, 1.165) is 5.56 Å². The minimum atomic E-state index is -1.04. The molecule has 1 aromatic heterocycles. The molecule has 0 unspecified atom stereocenters. The molecule has 6 nitrogen and oxygen atoms in total. The molecule has 0 aliphatic heterocycles. The van der Waals surface area contributed by atoms with E-state index in [1.807, 2.05) is 44.2 Å². The van der Waals surface area contributed by atoms with E-state index < -0.39 is 11.4 Å². The molecule has 1 heterocycles. The fourth-order valence-corrected chi connectivity index (χ4v) is 2.72. The summed E-state index contributed by atoms with van der Waals surface area (Å²) in [6, 6.07) is 11.2. The van der Waals surface area contributed by atoms with Crippen LogP contribution in [0.25, 0.3) is 0 Å². The number of nitrogens with zero attached hydrogens (tertiary/aromatic N) is 1. The Bertz CT molecular complexity index is 764. The molecule has 6 heteroatoms. The van der Waals surface area contributed by atoms with Crippen LogP contribution in [0.2, 0.25) is 0 Å². The monoisotopic (exact) mass is 359 g/mol. The summed E-state index contributed by atoms with van der Waals surface area (Å²) in [7, 11) is 1.67. The van der Waals surface area contributed by atoms with Crippen LogP contribution in [-0.2, 0) is 22.7 Å². The third-order valence-corrected chi connectivity index (χ3v) is 4.09. The summed E-state index contributed by atoms with van der Waals surface area (Å²) in [4.78, 5) is 25.3. The molecule has 0 aliphatic rings. The van der Waals surface area contributed by atoms with E-state index in [1.165, 1.54) is 11.0 Å². The van der Waals surface area contributed by atoms with E-state index in [9.17, 15) is 9.59 Å². The lowest BCUT2D eigenvalue weighted by Gasteiger charge is -2.28. The summed E-state index contributed by atoms with van der Waals surface area (Å²) in [5, 5.41) is 9.09. The number of aryl methyl sites for hydroxylation is 1. The fraction of sp³-hybridized carbons (Fsp3) is 0.400. The number of amides is 1. The molecule has 140 valence electrons. The van der Waals surface area contributed by atoms with Crippen molar-refractivity contribution in [2.45, 2.75) is 33.9 Å². The van der Waals surface area contributed by atoms with E-state index in [-0.39, 0.29) is 24.6 Å². The Hall–Kier alpha value is -2.60. The Labute approximate surface area is 153 Å². The maximum absolute atomic E-state index is 12.7. The van der Waals surface area contributed by atoms with Crippen molar-refractivity contribution in [3.63, 3.8) is 0 Å². The van der Waals surface area contributed by atoms with Gasteiger partial charge >= 0.3 is 5.97 Å². The average molecular weight is 359 g/mol. The number of hydrogen-bond acceptors (Lipinski definition) is 4. The number of furan rings is 1. The quantitative estimate of drug-likeness (QED) is 0.780. The molecule has 2 aromatic rings. The highest BCUT2D eigenvalue weighted by Crippen LogP contribution is 2.22. The first-order valence-electron chi connectivity index (χ1n) is 8.40. The van der Waals surface area contributed by atoms with E-state index in [0.29, 0.717) is 18.1 Å². The van der Waals surface area contributed by atoms with Gasteiger partial charge in [-0.25, -0.2) is 4.79 Å². The van der Waals surface area contributed by atoms with Crippen molar-refractivity contribution >= 4 is 11.9 Å². The number of hydrogen-bond donors (Lipinski definition) is 1. The van der Waals surface area contributed by atoms with Crippen LogP contribution in [0.3, 0.4) is 0 Å². The van der Waals surface area contributed by atoms with Crippen molar-refractivity contribution < 1.29 is 23.8 Å². The molecule has 0 fully saturated rings. The zero-order valence-corrected chi connectivity index (χ0v) is 15.6. The van der Waals surface area contributed by atoms with Crippen LogP contribution in [-0.4, -0.2) is 35.5 Å². The van der Waals surface area contributed by atoms with Crippen LogP contribution in [0, 0.1) is 12.3 Å². The first-order chi connectivity index (χ1) is 12.2.